The second-order valence-electron chi connectivity index (χ2n) is 5.19. The van der Waals surface area contributed by atoms with Crippen molar-refractivity contribution >= 4 is 15.7 Å². The summed E-state index contributed by atoms with van der Waals surface area (Å²) in [4.78, 5) is 0. The van der Waals surface area contributed by atoms with Gasteiger partial charge in [0.15, 0.2) is 0 Å². The van der Waals surface area contributed by atoms with E-state index in [2.05, 4.69) is 4.72 Å². The van der Waals surface area contributed by atoms with Crippen LogP contribution in [0.25, 0.3) is 0 Å². The predicted molar refractivity (Wildman–Crippen MR) is 91.6 cm³/mol. The fraction of sp³-hybridized carbons (Fsp3) is 0.235. The number of sulfonamides is 1. The van der Waals surface area contributed by atoms with Gasteiger partial charge in [0.05, 0.1) is 23.5 Å². The van der Waals surface area contributed by atoms with Gasteiger partial charge in [-0.25, -0.2) is 8.42 Å². The van der Waals surface area contributed by atoms with Gasteiger partial charge in [-0.15, -0.1) is 0 Å². The molecule has 0 saturated heterocycles. The molecule has 0 aliphatic heterocycles. The van der Waals surface area contributed by atoms with Gasteiger partial charge in [-0.3, -0.25) is 4.72 Å². The summed E-state index contributed by atoms with van der Waals surface area (Å²) in [5.41, 5.74) is 1.00. The maximum Gasteiger partial charge on any atom is 0.235 e. The third kappa shape index (κ3) is 5.26. The number of anilines is 1. The van der Waals surface area contributed by atoms with Crippen LogP contribution in [0.1, 0.15) is 12.5 Å². The molecular formula is C17H18N2O4S. The molecule has 1 N–H and O–H groups in total. The minimum absolute atomic E-state index is 0.118. The summed E-state index contributed by atoms with van der Waals surface area (Å²) in [6, 6.07) is 15.3. The monoisotopic (exact) mass is 346 g/mol. The Morgan fingerprint density at radius 2 is 1.62 bits per heavy atom. The first-order chi connectivity index (χ1) is 11.4. The molecule has 0 radical (unpaired) electrons. The Morgan fingerprint density at radius 1 is 1.08 bits per heavy atom. The highest BCUT2D eigenvalue weighted by atomic mass is 32.2. The Balaban J connectivity index is 2.01. The molecule has 7 heteroatoms. The van der Waals surface area contributed by atoms with Gasteiger partial charge in [-0.1, -0.05) is 0 Å². The number of hydrogen-bond donors (Lipinski definition) is 1. The molecule has 1 unspecified atom stereocenters. The van der Waals surface area contributed by atoms with Crippen LogP contribution >= 0.6 is 0 Å². The molecule has 126 valence electrons. The fourth-order valence-corrected chi connectivity index (χ4v) is 3.26. The maximum atomic E-state index is 12.0. The molecule has 2 aromatic rings. The van der Waals surface area contributed by atoms with Crippen molar-refractivity contribution in [2.75, 3.05) is 17.6 Å². The Labute approximate surface area is 141 Å². The first-order valence-electron chi connectivity index (χ1n) is 7.23. The standard InChI is InChI=1S/C17H18N2O4S/c1-13(22-2)12-24(20,21)19-15-5-9-17(10-6-15)23-16-7-3-14(11-18)4-8-16/h3-10,13,19H,12H2,1-2H3. The zero-order valence-electron chi connectivity index (χ0n) is 13.4. The third-order valence-electron chi connectivity index (χ3n) is 3.20. The van der Waals surface area contributed by atoms with Gasteiger partial charge in [0.2, 0.25) is 10.0 Å². The van der Waals surface area contributed by atoms with Gasteiger partial charge < -0.3 is 9.47 Å². The predicted octanol–water partition coefficient (Wildman–Crippen LogP) is 3.13. The molecule has 0 heterocycles. The quantitative estimate of drug-likeness (QED) is 0.832. The summed E-state index contributed by atoms with van der Waals surface area (Å²) in [5.74, 6) is 1.04. The number of ether oxygens (including phenoxy) is 2. The Bertz CT molecular complexity index is 809. The highest BCUT2D eigenvalue weighted by Crippen LogP contribution is 2.23. The van der Waals surface area contributed by atoms with Crippen molar-refractivity contribution in [3.05, 3.63) is 54.1 Å². The van der Waals surface area contributed by atoms with Gasteiger partial charge in [0.1, 0.15) is 11.5 Å². The minimum atomic E-state index is -3.47. The average molecular weight is 346 g/mol. The summed E-state index contributed by atoms with van der Waals surface area (Å²) in [7, 11) is -2.00. The van der Waals surface area contributed by atoms with Crippen LogP contribution in [0.2, 0.25) is 0 Å². The number of rotatable bonds is 7. The number of nitrogens with zero attached hydrogens (tertiary/aromatic N) is 1. The van der Waals surface area contributed by atoms with Crippen molar-refractivity contribution in [1.29, 1.82) is 5.26 Å². The van der Waals surface area contributed by atoms with Crippen LogP contribution in [-0.4, -0.2) is 27.4 Å². The summed E-state index contributed by atoms with van der Waals surface area (Å²) in [6.07, 6.45) is -0.388. The van der Waals surface area contributed by atoms with E-state index in [-0.39, 0.29) is 11.9 Å². The molecule has 24 heavy (non-hydrogen) atoms. The molecule has 0 aliphatic carbocycles. The summed E-state index contributed by atoms with van der Waals surface area (Å²) >= 11 is 0. The number of nitrogens with one attached hydrogen (secondary N) is 1. The van der Waals surface area contributed by atoms with E-state index in [1.807, 2.05) is 6.07 Å². The Morgan fingerprint density at radius 3 is 2.12 bits per heavy atom. The smallest absolute Gasteiger partial charge is 0.235 e. The van der Waals surface area contributed by atoms with E-state index < -0.39 is 10.0 Å². The summed E-state index contributed by atoms with van der Waals surface area (Å²) < 4.78 is 37.0. The van der Waals surface area contributed by atoms with Gasteiger partial charge in [-0.2, -0.15) is 5.26 Å². The van der Waals surface area contributed by atoms with Gasteiger partial charge in [0.25, 0.3) is 0 Å². The lowest BCUT2D eigenvalue weighted by Gasteiger charge is -2.12. The molecule has 0 bridgehead atoms. The Kier molecular flexibility index (Phi) is 5.79. The number of benzene rings is 2. The molecule has 6 nitrogen and oxygen atoms in total. The van der Waals surface area contributed by atoms with Crippen molar-refractivity contribution in [3.8, 4) is 17.6 Å². The molecule has 0 saturated carbocycles. The van der Waals surface area contributed by atoms with Crippen molar-refractivity contribution < 1.29 is 17.9 Å². The largest absolute Gasteiger partial charge is 0.457 e. The first kappa shape index (κ1) is 17.8. The first-order valence-corrected chi connectivity index (χ1v) is 8.88. The lowest BCUT2D eigenvalue weighted by molar-refractivity contribution is 0.136. The maximum absolute atomic E-state index is 12.0. The Hall–Kier alpha value is -2.56. The summed E-state index contributed by atoms with van der Waals surface area (Å²) in [5, 5.41) is 8.76. The minimum Gasteiger partial charge on any atom is -0.457 e. The van der Waals surface area contributed by atoms with E-state index >= 15 is 0 Å². The summed E-state index contributed by atoms with van der Waals surface area (Å²) in [6.45, 7) is 1.69. The zero-order chi connectivity index (χ0) is 17.6. The molecule has 0 aliphatic rings. The van der Waals surface area contributed by atoms with E-state index in [1.54, 1.807) is 55.5 Å². The van der Waals surface area contributed by atoms with E-state index in [0.29, 0.717) is 22.7 Å². The van der Waals surface area contributed by atoms with Gasteiger partial charge >= 0.3 is 0 Å². The topological polar surface area (TPSA) is 88.4 Å². The normalized spacial score (nSPS) is 12.2. The van der Waals surface area contributed by atoms with Crippen LogP contribution in [0.3, 0.4) is 0 Å². The van der Waals surface area contributed by atoms with E-state index in [1.165, 1.54) is 7.11 Å². The average Bonchev–Trinajstić information content (AvgIpc) is 2.56. The van der Waals surface area contributed by atoms with Gasteiger partial charge in [0, 0.05) is 12.8 Å². The van der Waals surface area contributed by atoms with Crippen molar-refractivity contribution in [2.45, 2.75) is 13.0 Å². The molecule has 2 rings (SSSR count). The lowest BCUT2D eigenvalue weighted by atomic mass is 10.2. The van der Waals surface area contributed by atoms with Crippen LogP contribution in [0.15, 0.2) is 48.5 Å². The van der Waals surface area contributed by atoms with Crippen LogP contribution < -0.4 is 9.46 Å². The van der Waals surface area contributed by atoms with Gasteiger partial charge in [-0.05, 0) is 55.5 Å². The van der Waals surface area contributed by atoms with Crippen molar-refractivity contribution in [2.24, 2.45) is 0 Å². The number of methoxy groups -OCH3 is 1. The second-order valence-corrected chi connectivity index (χ2v) is 6.96. The number of hydrogen-bond acceptors (Lipinski definition) is 5. The van der Waals surface area contributed by atoms with Crippen LogP contribution in [0.4, 0.5) is 5.69 Å². The molecule has 0 spiro atoms. The molecule has 1 atom stereocenters. The fourth-order valence-electron chi connectivity index (χ4n) is 1.92. The zero-order valence-corrected chi connectivity index (χ0v) is 14.2. The van der Waals surface area contributed by atoms with Crippen LogP contribution in [0.5, 0.6) is 11.5 Å². The molecular weight excluding hydrogens is 328 g/mol. The lowest BCUT2D eigenvalue weighted by Crippen LogP contribution is -2.25. The molecule has 0 amide bonds. The number of nitriles is 1. The molecule has 0 fully saturated rings. The molecule has 0 aromatic heterocycles. The SMILES string of the molecule is COC(C)CS(=O)(=O)Nc1ccc(Oc2ccc(C#N)cc2)cc1. The highest BCUT2D eigenvalue weighted by Gasteiger charge is 2.15. The van der Waals surface area contributed by atoms with Crippen molar-refractivity contribution in [1.82, 2.24) is 0 Å². The van der Waals surface area contributed by atoms with Crippen LogP contribution in [-0.2, 0) is 14.8 Å². The van der Waals surface area contributed by atoms with E-state index in [0.717, 1.165) is 0 Å². The van der Waals surface area contributed by atoms with Crippen LogP contribution in [0, 0.1) is 11.3 Å². The molecule has 2 aromatic carbocycles. The van der Waals surface area contributed by atoms with E-state index in [9.17, 15) is 8.42 Å². The second kappa shape index (κ2) is 7.81. The highest BCUT2D eigenvalue weighted by molar-refractivity contribution is 7.92. The third-order valence-corrected chi connectivity index (χ3v) is 4.66. The van der Waals surface area contributed by atoms with Crippen molar-refractivity contribution in [3.63, 3.8) is 0 Å². The van der Waals surface area contributed by atoms with E-state index in [4.69, 9.17) is 14.7 Å².